The van der Waals surface area contributed by atoms with E-state index in [0.717, 1.165) is 0 Å². The zero-order valence-corrected chi connectivity index (χ0v) is 7.65. The minimum Gasteiger partial charge on any atom is -0.300 e. The number of carbonyl (C=O) groups excluding carboxylic acids is 1. The monoisotopic (exact) mass is 168 g/mol. The molecule has 1 heterocycles. The average molecular weight is 168 g/mol. The van der Waals surface area contributed by atoms with Crippen LogP contribution in [-0.4, -0.2) is 5.78 Å². The van der Waals surface area contributed by atoms with Crippen molar-refractivity contribution in [2.75, 3.05) is 0 Å². The first kappa shape index (κ1) is 8.47. The molecule has 11 heavy (non-hydrogen) atoms. The highest BCUT2D eigenvalue weighted by Gasteiger charge is 2.07. The number of hydrogen-bond acceptors (Lipinski definition) is 2. The standard InChI is InChI=1S/C9H12OS/c1-7(6-8(2)10)9-4-3-5-11-9/h3-5,7H,6H2,1-2H3. The van der Waals surface area contributed by atoms with E-state index in [1.54, 1.807) is 18.3 Å². The molecule has 1 aromatic heterocycles. The molecule has 0 aliphatic rings. The van der Waals surface area contributed by atoms with E-state index in [9.17, 15) is 4.79 Å². The smallest absolute Gasteiger partial charge is 0.130 e. The van der Waals surface area contributed by atoms with Crippen molar-refractivity contribution in [3.8, 4) is 0 Å². The topological polar surface area (TPSA) is 17.1 Å². The molecule has 0 radical (unpaired) electrons. The molecule has 0 bridgehead atoms. The molecule has 0 saturated carbocycles. The molecule has 0 fully saturated rings. The molecular formula is C9H12OS. The maximum atomic E-state index is 10.8. The molecule has 0 amide bonds. The normalized spacial score (nSPS) is 12.9. The third-order valence-electron chi connectivity index (χ3n) is 1.62. The van der Waals surface area contributed by atoms with Crippen molar-refractivity contribution in [2.45, 2.75) is 26.2 Å². The van der Waals surface area contributed by atoms with Crippen molar-refractivity contribution < 1.29 is 4.79 Å². The number of rotatable bonds is 3. The number of Topliss-reactive ketones (excluding diaryl/α,β-unsaturated/α-hetero) is 1. The quantitative estimate of drug-likeness (QED) is 0.678. The molecule has 1 atom stereocenters. The molecule has 60 valence electrons. The highest BCUT2D eigenvalue weighted by atomic mass is 32.1. The van der Waals surface area contributed by atoms with Crippen LogP contribution in [0.5, 0.6) is 0 Å². The molecule has 1 aromatic rings. The molecule has 1 nitrogen and oxygen atoms in total. The highest BCUT2D eigenvalue weighted by molar-refractivity contribution is 7.10. The fraction of sp³-hybridized carbons (Fsp3) is 0.444. The van der Waals surface area contributed by atoms with E-state index in [1.165, 1.54) is 4.88 Å². The molecule has 0 N–H and O–H groups in total. The largest absolute Gasteiger partial charge is 0.300 e. The van der Waals surface area contributed by atoms with E-state index in [2.05, 4.69) is 13.0 Å². The van der Waals surface area contributed by atoms with Gasteiger partial charge in [0.15, 0.2) is 0 Å². The van der Waals surface area contributed by atoms with Gasteiger partial charge in [-0.2, -0.15) is 0 Å². The van der Waals surface area contributed by atoms with E-state index < -0.39 is 0 Å². The van der Waals surface area contributed by atoms with Crippen molar-refractivity contribution >= 4 is 17.1 Å². The fourth-order valence-corrected chi connectivity index (χ4v) is 1.89. The Kier molecular flexibility index (Phi) is 2.83. The minimum absolute atomic E-state index is 0.269. The SMILES string of the molecule is CC(=O)CC(C)c1cccs1. The van der Waals surface area contributed by atoms with Crippen LogP contribution in [-0.2, 0) is 4.79 Å². The average Bonchev–Trinajstić information content (AvgIpc) is 2.35. The Hall–Kier alpha value is -0.630. The van der Waals surface area contributed by atoms with Crippen LogP contribution >= 0.6 is 11.3 Å². The van der Waals surface area contributed by atoms with Crippen molar-refractivity contribution in [3.63, 3.8) is 0 Å². The van der Waals surface area contributed by atoms with E-state index in [1.807, 2.05) is 11.4 Å². The van der Waals surface area contributed by atoms with Gasteiger partial charge < -0.3 is 4.79 Å². The Bertz CT molecular complexity index is 226. The summed E-state index contributed by atoms with van der Waals surface area (Å²) in [4.78, 5) is 12.1. The first-order valence-corrected chi connectivity index (χ1v) is 4.61. The number of hydrogen-bond donors (Lipinski definition) is 0. The first-order valence-electron chi connectivity index (χ1n) is 3.73. The molecule has 0 saturated heterocycles. The van der Waals surface area contributed by atoms with Gasteiger partial charge in [0, 0.05) is 11.3 Å². The van der Waals surface area contributed by atoms with Gasteiger partial charge in [-0.3, -0.25) is 0 Å². The molecule has 2 heteroatoms. The minimum atomic E-state index is 0.269. The lowest BCUT2D eigenvalue weighted by atomic mass is 10.0. The summed E-state index contributed by atoms with van der Waals surface area (Å²) in [5.74, 6) is 0.665. The van der Waals surface area contributed by atoms with Gasteiger partial charge in [0.25, 0.3) is 0 Å². The van der Waals surface area contributed by atoms with Crippen LogP contribution in [0.3, 0.4) is 0 Å². The Morgan fingerprint density at radius 1 is 1.73 bits per heavy atom. The third kappa shape index (κ3) is 2.46. The van der Waals surface area contributed by atoms with Crippen molar-refractivity contribution in [1.29, 1.82) is 0 Å². The number of carbonyl (C=O) groups is 1. The van der Waals surface area contributed by atoms with E-state index >= 15 is 0 Å². The van der Waals surface area contributed by atoms with Crippen LogP contribution in [0.15, 0.2) is 17.5 Å². The maximum Gasteiger partial charge on any atom is 0.130 e. The second-order valence-corrected chi connectivity index (χ2v) is 3.80. The summed E-state index contributed by atoms with van der Waals surface area (Å²) in [6, 6.07) is 4.11. The van der Waals surface area contributed by atoms with Gasteiger partial charge in [-0.05, 0) is 24.3 Å². The summed E-state index contributed by atoms with van der Waals surface area (Å²) in [5, 5.41) is 2.05. The lowest BCUT2D eigenvalue weighted by Gasteiger charge is -2.04. The van der Waals surface area contributed by atoms with Crippen LogP contribution in [0.2, 0.25) is 0 Å². The summed E-state index contributed by atoms with van der Waals surface area (Å²) in [5.41, 5.74) is 0. The molecular weight excluding hydrogens is 156 g/mol. The Morgan fingerprint density at radius 3 is 2.91 bits per heavy atom. The van der Waals surface area contributed by atoms with Gasteiger partial charge in [0.1, 0.15) is 5.78 Å². The zero-order valence-electron chi connectivity index (χ0n) is 6.83. The maximum absolute atomic E-state index is 10.8. The summed E-state index contributed by atoms with van der Waals surface area (Å²) >= 11 is 1.72. The molecule has 1 rings (SSSR count). The summed E-state index contributed by atoms with van der Waals surface area (Å²) in [6.45, 7) is 3.73. The van der Waals surface area contributed by atoms with Gasteiger partial charge in [0.2, 0.25) is 0 Å². The van der Waals surface area contributed by atoms with Gasteiger partial charge in [0.05, 0.1) is 0 Å². The van der Waals surface area contributed by atoms with Gasteiger partial charge in [-0.25, -0.2) is 0 Å². The fourth-order valence-electron chi connectivity index (χ4n) is 1.10. The summed E-state index contributed by atoms with van der Waals surface area (Å²) in [6.07, 6.45) is 0.667. The first-order chi connectivity index (χ1) is 5.20. The van der Waals surface area contributed by atoms with Gasteiger partial charge in [-0.15, -0.1) is 11.3 Å². The Morgan fingerprint density at radius 2 is 2.45 bits per heavy atom. The van der Waals surface area contributed by atoms with Gasteiger partial charge in [-0.1, -0.05) is 13.0 Å². The molecule has 0 aromatic carbocycles. The lowest BCUT2D eigenvalue weighted by molar-refractivity contribution is -0.117. The van der Waals surface area contributed by atoms with Crippen LogP contribution in [0.4, 0.5) is 0 Å². The Balaban J connectivity index is 2.56. The van der Waals surface area contributed by atoms with Crippen LogP contribution in [0.25, 0.3) is 0 Å². The van der Waals surface area contributed by atoms with Crippen molar-refractivity contribution in [3.05, 3.63) is 22.4 Å². The van der Waals surface area contributed by atoms with E-state index in [-0.39, 0.29) is 5.78 Å². The molecule has 1 unspecified atom stereocenters. The molecule has 0 aliphatic heterocycles. The second-order valence-electron chi connectivity index (χ2n) is 2.82. The summed E-state index contributed by atoms with van der Waals surface area (Å²) < 4.78 is 0. The predicted molar refractivity (Wildman–Crippen MR) is 48.0 cm³/mol. The van der Waals surface area contributed by atoms with Crippen LogP contribution in [0.1, 0.15) is 31.1 Å². The Labute approximate surface area is 71.1 Å². The van der Waals surface area contributed by atoms with E-state index in [0.29, 0.717) is 12.3 Å². The molecule has 0 aliphatic carbocycles. The number of thiophene rings is 1. The third-order valence-corrected chi connectivity index (χ3v) is 2.73. The summed E-state index contributed by atoms with van der Waals surface area (Å²) in [7, 11) is 0. The zero-order chi connectivity index (χ0) is 8.27. The lowest BCUT2D eigenvalue weighted by Crippen LogP contribution is -1.97. The van der Waals surface area contributed by atoms with Crippen molar-refractivity contribution in [1.82, 2.24) is 0 Å². The van der Waals surface area contributed by atoms with E-state index in [4.69, 9.17) is 0 Å². The number of ketones is 1. The molecule has 0 spiro atoms. The predicted octanol–water partition coefficient (Wildman–Crippen LogP) is 2.83. The van der Waals surface area contributed by atoms with Crippen molar-refractivity contribution in [2.24, 2.45) is 0 Å². The van der Waals surface area contributed by atoms with Crippen LogP contribution < -0.4 is 0 Å². The highest BCUT2D eigenvalue weighted by Crippen LogP contribution is 2.23. The van der Waals surface area contributed by atoms with Gasteiger partial charge >= 0.3 is 0 Å². The second kappa shape index (κ2) is 3.67. The van der Waals surface area contributed by atoms with Crippen LogP contribution in [0, 0.1) is 0 Å².